The number of benzene rings is 1. The molecular weight excluding hydrogens is 340 g/mol. The van der Waals surface area contributed by atoms with Gasteiger partial charge in [-0.25, -0.2) is 0 Å². The fraction of sp³-hybridized carbons (Fsp3) is 0.500. The van der Waals surface area contributed by atoms with Crippen molar-refractivity contribution in [3.63, 3.8) is 0 Å². The molecule has 6 rings (SSSR count). The van der Waals surface area contributed by atoms with E-state index in [-0.39, 0.29) is 54.4 Å². The number of amides is 3. The molecule has 1 N–H and O–H groups in total. The van der Waals surface area contributed by atoms with Crippen LogP contribution < -0.4 is 5.32 Å². The third-order valence-electron chi connectivity index (χ3n) is 7.20. The highest BCUT2D eigenvalue weighted by atomic mass is 16.2. The lowest BCUT2D eigenvalue weighted by atomic mass is 9.63. The van der Waals surface area contributed by atoms with Gasteiger partial charge in [-0.2, -0.15) is 0 Å². The summed E-state index contributed by atoms with van der Waals surface area (Å²) in [7, 11) is 0. The van der Waals surface area contributed by atoms with Crippen LogP contribution in [0.2, 0.25) is 0 Å². The summed E-state index contributed by atoms with van der Waals surface area (Å²) in [6.45, 7) is 4.15. The van der Waals surface area contributed by atoms with Crippen LogP contribution in [0, 0.1) is 49.4 Å². The Bertz CT molecular complexity index is 854. The predicted octanol–water partition coefficient (Wildman–Crippen LogP) is 2.69. The minimum atomic E-state index is -0.182. The van der Waals surface area contributed by atoms with E-state index in [9.17, 15) is 14.4 Å². The first kappa shape index (κ1) is 16.7. The molecule has 3 amide bonds. The SMILES string of the molecule is Cc1cccc(NC(=O)CCN2C(=O)[C@@H]3[C@@H]4C=C[C@H]([C@H]5C[C@H]45)[C@@H]3C2=O)c1C. The van der Waals surface area contributed by atoms with Crippen LogP contribution in [0.5, 0.6) is 0 Å². The van der Waals surface area contributed by atoms with Gasteiger partial charge < -0.3 is 5.32 Å². The molecule has 0 spiro atoms. The summed E-state index contributed by atoms with van der Waals surface area (Å²) in [6.07, 6.45) is 5.64. The molecule has 0 unspecified atom stereocenters. The number of allylic oxidation sites excluding steroid dienone is 2. The average molecular weight is 364 g/mol. The summed E-state index contributed by atoms with van der Waals surface area (Å²) in [5.41, 5.74) is 2.94. The quantitative estimate of drug-likeness (QED) is 0.660. The fourth-order valence-corrected chi connectivity index (χ4v) is 5.55. The molecule has 3 fully saturated rings. The maximum absolute atomic E-state index is 12.9. The third kappa shape index (κ3) is 2.40. The Kier molecular flexibility index (Phi) is 3.58. The van der Waals surface area contributed by atoms with E-state index in [1.54, 1.807) is 0 Å². The number of nitrogens with zero attached hydrogens (tertiary/aromatic N) is 1. The van der Waals surface area contributed by atoms with E-state index in [0.717, 1.165) is 23.2 Å². The zero-order valence-corrected chi connectivity index (χ0v) is 15.6. The molecule has 0 aromatic heterocycles. The van der Waals surface area contributed by atoms with E-state index < -0.39 is 0 Å². The molecule has 5 nitrogen and oxygen atoms in total. The Labute approximate surface area is 158 Å². The molecule has 6 atom stereocenters. The van der Waals surface area contributed by atoms with Crippen molar-refractivity contribution in [1.82, 2.24) is 4.90 Å². The second-order valence-electron chi connectivity index (χ2n) is 8.53. The largest absolute Gasteiger partial charge is 0.326 e. The van der Waals surface area contributed by atoms with Crippen LogP contribution in [-0.4, -0.2) is 29.2 Å². The fourth-order valence-electron chi connectivity index (χ4n) is 5.55. The lowest BCUT2D eigenvalue weighted by Gasteiger charge is -2.37. The zero-order valence-electron chi connectivity index (χ0n) is 15.6. The molecule has 140 valence electrons. The Morgan fingerprint density at radius 1 is 1.07 bits per heavy atom. The van der Waals surface area contributed by atoms with E-state index in [1.165, 1.54) is 4.90 Å². The predicted molar refractivity (Wildman–Crippen MR) is 101 cm³/mol. The lowest BCUT2D eigenvalue weighted by molar-refractivity contribution is -0.140. The van der Waals surface area contributed by atoms with Gasteiger partial charge in [0.2, 0.25) is 17.7 Å². The molecule has 0 radical (unpaired) electrons. The standard InChI is InChI=1S/C22H24N2O3/c1-11-4-3-5-17(12(11)2)23-18(25)8-9-24-21(26)19-13-6-7-14(16-10-15(13)16)20(19)22(24)27/h3-7,13-16,19-20H,8-10H2,1-2H3,(H,23,25)/t13-,14-,15-,16-,19-,20+/m1/s1. The zero-order chi connectivity index (χ0) is 18.9. The van der Waals surface area contributed by atoms with Gasteiger partial charge in [-0.15, -0.1) is 0 Å². The monoisotopic (exact) mass is 364 g/mol. The number of anilines is 1. The van der Waals surface area contributed by atoms with Gasteiger partial charge in [0.05, 0.1) is 11.8 Å². The number of carbonyl (C=O) groups is 3. The highest BCUT2D eigenvalue weighted by Crippen LogP contribution is 2.65. The maximum Gasteiger partial charge on any atom is 0.233 e. The molecule has 1 heterocycles. The third-order valence-corrected chi connectivity index (χ3v) is 7.20. The molecule has 1 aromatic rings. The number of imide groups is 1. The summed E-state index contributed by atoms with van der Waals surface area (Å²) in [6, 6.07) is 5.78. The van der Waals surface area contributed by atoms with Crippen LogP contribution in [0.1, 0.15) is 24.0 Å². The van der Waals surface area contributed by atoms with Crippen molar-refractivity contribution < 1.29 is 14.4 Å². The number of nitrogens with one attached hydrogen (secondary N) is 1. The Morgan fingerprint density at radius 2 is 1.70 bits per heavy atom. The normalized spacial score (nSPS) is 35.3. The Morgan fingerprint density at radius 3 is 2.33 bits per heavy atom. The number of rotatable bonds is 4. The van der Waals surface area contributed by atoms with Gasteiger partial charge in [0.1, 0.15) is 0 Å². The summed E-state index contributed by atoms with van der Waals surface area (Å²) in [5.74, 6) is 1.02. The molecule has 1 aliphatic heterocycles. The first-order valence-corrected chi connectivity index (χ1v) is 9.87. The maximum atomic E-state index is 12.9. The molecule has 2 saturated carbocycles. The van der Waals surface area contributed by atoms with Crippen molar-refractivity contribution in [2.24, 2.45) is 35.5 Å². The first-order valence-electron chi connectivity index (χ1n) is 9.87. The van der Waals surface area contributed by atoms with Crippen molar-refractivity contribution in [3.05, 3.63) is 41.5 Å². The number of carbonyl (C=O) groups excluding carboxylic acids is 3. The second-order valence-corrected chi connectivity index (χ2v) is 8.53. The number of hydrogen-bond donors (Lipinski definition) is 1. The van der Waals surface area contributed by atoms with Crippen LogP contribution in [0.25, 0.3) is 0 Å². The van der Waals surface area contributed by atoms with E-state index in [0.29, 0.717) is 11.8 Å². The van der Waals surface area contributed by atoms with Crippen molar-refractivity contribution in [2.75, 3.05) is 11.9 Å². The number of aryl methyl sites for hydroxylation is 1. The van der Waals surface area contributed by atoms with Crippen LogP contribution in [-0.2, 0) is 14.4 Å². The highest BCUT2D eigenvalue weighted by molar-refractivity contribution is 6.06. The topological polar surface area (TPSA) is 66.5 Å². The van der Waals surface area contributed by atoms with Crippen molar-refractivity contribution >= 4 is 23.4 Å². The van der Waals surface area contributed by atoms with E-state index in [4.69, 9.17) is 0 Å². The number of likely N-dealkylation sites (tertiary alicyclic amines) is 1. The van der Waals surface area contributed by atoms with Gasteiger partial charge in [0.25, 0.3) is 0 Å². The molecule has 1 aromatic carbocycles. The second kappa shape index (κ2) is 5.78. The molecule has 4 aliphatic carbocycles. The molecule has 5 aliphatic rings. The summed E-state index contributed by atoms with van der Waals surface area (Å²) in [4.78, 5) is 39.6. The van der Waals surface area contributed by atoms with Crippen LogP contribution >= 0.6 is 0 Å². The van der Waals surface area contributed by atoms with Gasteiger partial charge >= 0.3 is 0 Å². The molecule has 5 heteroatoms. The van der Waals surface area contributed by atoms with E-state index in [1.807, 2.05) is 32.0 Å². The first-order chi connectivity index (χ1) is 13.0. The van der Waals surface area contributed by atoms with Gasteiger partial charge in [-0.1, -0.05) is 24.3 Å². The van der Waals surface area contributed by atoms with Crippen molar-refractivity contribution in [1.29, 1.82) is 0 Å². The molecule has 27 heavy (non-hydrogen) atoms. The summed E-state index contributed by atoms with van der Waals surface area (Å²) >= 11 is 0. The molecule has 2 bridgehead atoms. The summed E-state index contributed by atoms with van der Waals surface area (Å²) < 4.78 is 0. The van der Waals surface area contributed by atoms with Crippen molar-refractivity contribution in [2.45, 2.75) is 26.7 Å². The van der Waals surface area contributed by atoms with Gasteiger partial charge in [-0.3, -0.25) is 19.3 Å². The molecule has 1 saturated heterocycles. The Balaban J connectivity index is 1.26. The Hall–Kier alpha value is -2.43. The van der Waals surface area contributed by atoms with Gasteiger partial charge in [0.15, 0.2) is 0 Å². The minimum absolute atomic E-state index is 0.0609. The van der Waals surface area contributed by atoms with Gasteiger partial charge in [-0.05, 0) is 61.1 Å². The van der Waals surface area contributed by atoms with Crippen LogP contribution in [0.4, 0.5) is 5.69 Å². The smallest absolute Gasteiger partial charge is 0.233 e. The van der Waals surface area contributed by atoms with Crippen LogP contribution in [0.15, 0.2) is 30.4 Å². The highest BCUT2D eigenvalue weighted by Gasteiger charge is 2.66. The van der Waals surface area contributed by atoms with Crippen LogP contribution in [0.3, 0.4) is 0 Å². The average Bonchev–Trinajstić information content (AvgIpc) is 3.43. The summed E-state index contributed by atoms with van der Waals surface area (Å²) in [5, 5.41) is 2.91. The van der Waals surface area contributed by atoms with Gasteiger partial charge in [0, 0.05) is 18.7 Å². The number of hydrogen-bond acceptors (Lipinski definition) is 3. The lowest BCUT2D eigenvalue weighted by Crippen LogP contribution is -2.40. The van der Waals surface area contributed by atoms with E-state index in [2.05, 4.69) is 17.5 Å². The van der Waals surface area contributed by atoms with E-state index >= 15 is 0 Å². The molecular formula is C22H24N2O3. The van der Waals surface area contributed by atoms with Crippen molar-refractivity contribution in [3.8, 4) is 0 Å². The minimum Gasteiger partial charge on any atom is -0.326 e.